The summed E-state index contributed by atoms with van der Waals surface area (Å²) < 4.78 is 7.64. The topological polar surface area (TPSA) is 39.1 Å². The number of hydrogen-bond acceptors (Lipinski definition) is 3. The Morgan fingerprint density at radius 2 is 1.88 bits per heavy atom. The van der Waals surface area contributed by atoms with Gasteiger partial charge in [0.25, 0.3) is 0 Å². The zero-order chi connectivity index (χ0) is 16.8. The summed E-state index contributed by atoms with van der Waals surface area (Å²) in [6.07, 6.45) is -0.0845. The SMILES string of the molecule is COc1ccccc1[C@@H]1Nc2c(C)cc(C)cc2-c2cc(C)nn21. The Hall–Kier alpha value is -2.75. The average Bonchev–Trinajstić information content (AvgIpc) is 2.96. The minimum atomic E-state index is -0.0845. The summed E-state index contributed by atoms with van der Waals surface area (Å²) in [5.74, 6) is 0.863. The first-order valence-electron chi connectivity index (χ1n) is 8.15. The molecule has 1 aromatic heterocycles. The number of aromatic nitrogens is 2. The lowest BCUT2D eigenvalue weighted by Crippen LogP contribution is -2.26. The molecule has 0 bridgehead atoms. The van der Waals surface area contributed by atoms with E-state index in [2.05, 4.69) is 48.1 Å². The summed E-state index contributed by atoms with van der Waals surface area (Å²) in [7, 11) is 1.71. The molecule has 24 heavy (non-hydrogen) atoms. The Bertz CT molecular complexity index is 927. The van der Waals surface area contributed by atoms with Gasteiger partial charge in [0.1, 0.15) is 5.75 Å². The highest BCUT2D eigenvalue weighted by Gasteiger charge is 2.29. The summed E-state index contributed by atoms with van der Waals surface area (Å²) >= 11 is 0. The number of methoxy groups -OCH3 is 1. The first kappa shape index (κ1) is 14.8. The van der Waals surface area contributed by atoms with E-state index in [1.54, 1.807) is 7.11 Å². The fraction of sp³-hybridized carbons (Fsp3) is 0.250. The Morgan fingerprint density at radius 1 is 1.08 bits per heavy atom. The lowest BCUT2D eigenvalue weighted by atomic mass is 9.98. The van der Waals surface area contributed by atoms with Crippen LogP contribution in [0.2, 0.25) is 0 Å². The van der Waals surface area contributed by atoms with Crippen molar-refractivity contribution < 1.29 is 4.74 Å². The number of nitrogens with zero attached hydrogens (tertiary/aromatic N) is 2. The fourth-order valence-corrected chi connectivity index (χ4v) is 3.58. The Balaban J connectivity index is 1.96. The van der Waals surface area contributed by atoms with E-state index in [0.717, 1.165) is 22.7 Å². The molecule has 1 atom stereocenters. The molecular weight excluding hydrogens is 298 g/mol. The predicted octanol–water partition coefficient (Wildman–Crippen LogP) is 4.46. The molecular formula is C20H21N3O. The van der Waals surface area contributed by atoms with Crippen LogP contribution in [0.1, 0.15) is 28.6 Å². The molecule has 4 nitrogen and oxygen atoms in total. The van der Waals surface area contributed by atoms with Gasteiger partial charge in [-0.05, 0) is 44.5 Å². The molecule has 2 heterocycles. The molecule has 1 aliphatic rings. The normalized spacial score (nSPS) is 15.4. The van der Waals surface area contributed by atoms with Crippen LogP contribution in [0.5, 0.6) is 5.75 Å². The van der Waals surface area contributed by atoms with Crippen molar-refractivity contribution in [1.82, 2.24) is 9.78 Å². The van der Waals surface area contributed by atoms with Crippen molar-refractivity contribution in [2.75, 3.05) is 12.4 Å². The third-order valence-electron chi connectivity index (χ3n) is 4.57. The number of fused-ring (bicyclic) bond motifs is 3. The van der Waals surface area contributed by atoms with Gasteiger partial charge in [-0.25, -0.2) is 4.68 Å². The predicted molar refractivity (Wildman–Crippen MR) is 96.6 cm³/mol. The lowest BCUT2D eigenvalue weighted by molar-refractivity contribution is 0.401. The highest BCUT2D eigenvalue weighted by atomic mass is 16.5. The van der Waals surface area contributed by atoms with Crippen LogP contribution in [-0.2, 0) is 0 Å². The molecule has 0 saturated heterocycles. The van der Waals surface area contributed by atoms with Gasteiger partial charge in [0, 0.05) is 16.8 Å². The van der Waals surface area contributed by atoms with Gasteiger partial charge in [0.05, 0.1) is 18.5 Å². The largest absolute Gasteiger partial charge is 0.496 e. The molecule has 0 spiro atoms. The van der Waals surface area contributed by atoms with Crippen molar-refractivity contribution in [2.45, 2.75) is 26.9 Å². The smallest absolute Gasteiger partial charge is 0.150 e. The van der Waals surface area contributed by atoms with Crippen molar-refractivity contribution in [3.63, 3.8) is 0 Å². The molecule has 0 aliphatic carbocycles. The molecule has 2 aromatic carbocycles. The lowest BCUT2D eigenvalue weighted by Gasteiger charge is -2.31. The molecule has 0 fully saturated rings. The first-order chi connectivity index (χ1) is 11.6. The quantitative estimate of drug-likeness (QED) is 0.758. The van der Waals surface area contributed by atoms with E-state index in [1.807, 2.05) is 25.1 Å². The molecule has 1 aliphatic heterocycles. The van der Waals surface area contributed by atoms with Crippen LogP contribution in [0.3, 0.4) is 0 Å². The van der Waals surface area contributed by atoms with Crippen molar-refractivity contribution in [1.29, 1.82) is 0 Å². The molecule has 3 aromatic rings. The maximum atomic E-state index is 5.58. The van der Waals surface area contributed by atoms with E-state index in [9.17, 15) is 0 Å². The van der Waals surface area contributed by atoms with Crippen molar-refractivity contribution in [2.24, 2.45) is 0 Å². The third-order valence-corrected chi connectivity index (χ3v) is 4.57. The number of benzene rings is 2. The molecule has 0 radical (unpaired) electrons. The maximum Gasteiger partial charge on any atom is 0.150 e. The van der Waals surface area contributed by atoms with Gasteiger partial charge in [-0.2, -0.15) is 5.10 Å². The molecule has 4 rings (SSSR count). The van der Waals surface area contributed by atoms with E-state index in [0.29, 0.717) is 0 Å². The molecule has 0 unspecified atom stereocenters. The second kappa shape index (κ2) is 5.41. The number of hydrogen-bond donors (Lipinski definition) is 1. The zero-order valence-corrected chi connectivity index (χ0v) is 14.4. The van der Waals surface area contributed by atoms with Crippen LogP contribution >= 0.6 is 0 Å². The Morgan fingerprint density at radius 3 is 2.67 bits per heavy atom. The van der Waals surface area contributed by atoms with Crippen LogP contribution in [-0.4, -0.2) is 16.9 Å². The Labute approximate surface area is 142 Å². The van der Waals surface area contributed by atoms with Gasteiger partial charge in [-0.1, -0.05) is 29.8 Å². The van der Waals surface area contributed by atoms with E-state index in [-0.39, 0.29) is 6.17 Å². The van der Waals surface area contributed by atoms with Crippen molar-refractivity contribution in [3.8, 4) is 17.0 Å². The van der Waals surface area contributed by atoms with E-state index in [1.165, 1.54) is 22.4 Å². The minimum absolute atomic E-state index is 0.0845. The number of rotatable bonds is 2. The molecule has 1 N–H and O–H groups in total. The number of aryl methyl sites for hydroxylation is 3. The van der Waals surface area contributed by atoms with Crippen LogP contribution in [0.4, 0.5) is 5.69 Å². The summed E-state index contributed by atoms with van der Waals surface area (Å²) in [6.45, 7) is 6.32. The number of nitrogens with one attached hydrogen (secondary N) is 1. The first-order valence-corrected chi connectivity index (χ1v) is 8.15. The van der Waals surface area contributed by atoms with Crippen LogP contribution in [0.25, 0.3) is 11.3 Å². The summed E-state index contributed by atoms with van der Waals surface area (Å²) in [6, 6.07) is 14.7. The molecule has 4 heteroatoms. The van der Waals surface area contributed by atoms with Crippen LogP contribution in [0, 0.1) is 20.8 Å². The highest BCUT2D eigenvalue weighted by molar-refractivity contribution is 5.82. The van der Waals surface area contributed by atoms with Crippen molar-refractivity contribution >= 4 is 5.69 Å². The third kappa shape index (κ3) is 2.18. The second-order valence-electron chi connectivity index (χ2n) is 6.41. The van der Waals surface area contributed by atoms with Gasteiger partial charge in [-0.3, -0.25) is 0 Å². The zero-order valence-electron chi connectivity index (χ0n) is 14.4. The van der Waals surface area contributed by atoms with Crippen LogP contribution in [0.15, 0.2) is 42.5 Å². The van der Waals surface area contributed by atoms with E-state index >= 15 is 0 Å². The molecule has 0 amide bonds. The summed E-state index contributed by atoms with van der Waals surface area (Å²) in [5, 5.41) is 8.41. The minimum Gasteiger partial charge on any atom is -0.496 e. The number of ether oxygens (including phenoxy) is 1. The van der Waals surface area contributed by atoms with Gasteiger partial charge in [-0.15, -0.1) is 0 Å². The average molecular weight is 319 g/mol. The monoisotopic (exact) mass is 319 g/mol. The van der Waals surface area contributed by atoms with Crippen molar-refractivity contribution in [3.05, 3.63) is 64.8 Å². The standard InChI is InChI=1S/C20H21N3O/c1-12-9-13(2)19-16(10-12)17-11-14(3)22-23(17)20(21-19)15-7-5-6-8-18(15)24-4/h5-11,20-21H,1-4H3/t20-/m1/s1. The van der Waals surface area contributed by atoms with Gasteiger partial charge in [0.2, 0.25) is 0 Å². The second-order valence-corrected chi connectivity index (χ2v) is 6.41. The van der Waals surface area contributed by atoms with Gasteiger partial charge in [0.15, 0.2) is 6.17 Å². The van der Waals surface area contributed by atoms with Gasteiger partial charge < -0.3 is 10.1 Å². The maximum absolute atomic E-state index is 5.58. The van der Waals surface area contributed by atoms with Crippen LogP contribution < -0.4 is 10.1 Å². The van der Waals surface area contributed by atoms with Gasteiger partial charge >= 0.3 is 0 Å². The molecule has 0 saturated carbocycles. The summed E-state index contributed by atoms with van der Waals surface area (Å²) in [4.78, 5) is 0. The van der Waals surface area contributed by atoms with E-state index in [4.69, 9.17) is 9.84 Å². The number of anilines is 1. The summed E-state index contributed by atoms with van der Waals surface area (Å²) in [5.41, 5.74) is 8.12. The number of para-hydroxylation sites is 1. The molecule has 122 valence electrons. The van der Waals surface area contributed by atoms with E-state index < -0.39 is 0 Å². The Kier molecular flexibility index (Phi) is 3.34. The fourth-order valence-electron chi connectivity index (χ4n) is 3.58. The highest BCUT2D eigenvalue weighted by Crippen LogP contribution is 2.42.